The van der Waals surface area contributed by atoms with Crippen LogP contribution in [0.1, 0.15) is 21.6 Å². The summed E-state index contributed by atoms with van der Waals surface area (Å²) in [6.07, 6.45) is 0. The van der Waals surface area contributed by atoms with Crippen LogP contribution in [-0.2, 0) is 11.3 Å². The van der Waals surface area contributed by atoms with Gasteiger partial charge in [0.1, 0.15) is 5.69 Å². The van der Waals surface area contributed by atoms with E-state index < -0.39 is 0 Å². The second-order valence-corrected chi connectivity index (χ2v) is 6.76. The summed E-state index contributed by atoms with van der Waals surface area (Å²) in [6.45, 7) is 6.50. The van der Waals surface area contributed by atoms with Gasteiger partial charge in [-0.2, -0.15) is 0 Å². The Balaban J connectivity index is 1.42. The van der Waals surface area contributed by atoms with Crippen LogP contribution in [0, 0.1) is 6.92 Å². The lowest BCUT2D eigenvalue weighted by atomic mass is 10.1. The summed E-state index contributed by atoms with van der Waals surface area (Å²) in [6, 6.07) is 16.0. The van der Waals surface area contributed by atoms with E-state index in [9.17, 15) is 4.79 Å². The lowest BCUT2D eigenvalue weighted by molar-refractivity contribution is 0.0342. The van der Waals surface area contributed by atoms with Gasteiger partial charge in [-0.3, -0.25) is 9.69 Å². The Labute approximate surface area is 153 Å². The first kappa shape index (κ1) is 16.8. The number of benzene rings is 2. The average molecular weight is 349 g/mol. The molecule has 0 radical (unpaired) electrons. The molecule has 1 amide bonds. The van der Waals surface area contributed by atoms with Crippen molar-refractivity contribution in [1.82, 2.24) is 9.88 Å². The number of anilines is 1. The van der Waals surface area contributed by atoms with Gasteiger partial charge in [0.15, 0.2) is 0 Å². The van der Waals surface area contributed by atoms with Crippen LogP contribution in [0.2, 0.25) is 0 Å². The van der Waals surface area contributed by atoms with E-state index in [1.54, 1.807) is 0 Å². The highest BCUT2D eigenvalue weighted by molar-refractivity contribution is 6.06. The average Bonchev–Trinajstić information content (AvgIpc) is 3.10. The molecular weight excluding hydrogens is 326 g/mol. The predicted molar refractivity (Wildman–Crippen MR) is 104 cm³/mol. The molecule has 0 atom stereocenters. The minimum Gasteiger partial charge on any atom is -0.379 e. The van der Waals surface area contributed by atoms with E-state index in [1.807, 2.05) is 43.3 Å². The number of nitrogens with one attached hydrogen (secondary N) is 2. The Hall–Kier alpha value is -2.63. The van der Waals surface area contributed by atoms with Crippen molar-refractivity contribution in [2.75, 3.05) is 31.6 Å². The molecular formula is C21H23N3O2. The molecule has 5 heteroatoms. The van der Waals surface area contributed by atoms with Crippen LogP contribution in [0.5, 0.6) is 0 Å². The maximum Gasteiger partial charge on any atom is 0.272 e. The highest BCUT2D eigenvalue weighted by Gasteiger charge is 2.12. The van der Waals surface area contributed by atoms with Gasteiger partial charge in [0, 0.05) is 36.2 Å². The lowest BCUT2D eigenvalue weighted by Crippen LogP contribution is -2.35. The van der Waals surface area contributed by atoms with Crippen molar-refractivity contribution in [1.29, 1.82) is 0 Å². The number of nitrogens with zero attached hydrogens (tertiary/aromatic N) is 1. The number of carbonyl (C=O) groups excluding carboxylic acids is 1. The molecule has 2 aromatic carbocycles. The number of aryl methyl sites for hydroxylation is 1. The van der Waals surface area contributed by atoms with E-state index >= 15 is 0 Å². The fourth-order valence-corrected chi connectivity index (χ4v) is 3.34. The van der Waals surface area contributed by atoms with Crippen LogP contribution < -0.4 is 5.32 Å². The van der Waals surface area contributed by atoms with Crippen molar-refractivity contribution in [2.24, 2.45) is 0 Å². The van der Waals surface area contributed by atoms with Gasteiger partial charge in [-0.05, 0) is 36.2 Å². The molecule has 5 nitrogen and oxygen atoms in total. The van der Waals surface area contributed by atoms with E-state index in [4.69, 9.17) is 4.74 Å². The van der Waals surface area contributed by atoms with Crippen LogP contribution in [-0.4, -0.2) is 42.1 Å². The smallest absolute Gasteiger partial charge is 0.272 e. The second kappa shape index (κ2) is 7.32. The van der Waals surface area contributed by atoms with Crippen LogP contribution in [0.25, 0.3) is 10.9 Å². The Morgan fingerprint density at radius 3 is 2.65 bits per heavy atom. The maximum atomic E-state index is 12.5. The summed E-state index contributed by atoms with van der Waals surface area (Å²) in [5, 5.41) is 4.02. The van der Waals surface area contributed by atoms with Crippen molar-refractivity contribution in [3.05, 3.63) is 65.4 Å². The van der Waals surface area contributed by atoms with E-state index in [2.05, 4.69) is 27.3 Å². The predicted octanol–water partition coefficient (Wildman–Crippen LogP) is 3.56. The fraction of sp³-hybridized carbons (Fsp3) is 0.286. The van der Waals surface area contributed by atoms with Crippen LogP contribution in [0.4, 0.5) is 5.69 Å². The molecule has 134 valence electrons. The molecule has 1 aliphatic heterocycles. The molecule has 2 N–H and O–H groups in total. The van der Waals surface area contributed by atoms with Gasteiger partial charge in [0.25, 0.3) is 5.91 Å². The number of amides is 1. The van der Waals surface area contributed by atoms with Gasteiger partial charge in [0.05, 0.1) is 13.2 Å². The number of para-hydroxylation sites is 1. The number of hydrogen-bond acceptors (Lipinski definition) is 3. The van der Waals surface area contributed by atoms with Crippen LogP contribution in [0.3, 0.4) is 0 Å². The second-order valence-electron chi connectivity index (χ2n) is 6.76. The molecule has 0 spiro atoms. The molecule has 1 fully saturated rings. The zero-order valence-corrected chi connectivity index (χ0v) is 14.9. The number of rotatable bonds is 4. The van der Waals surface area contributed by atoms with E-state index in [1.165, 1.54) is 5.56 Å². The zero-order valence-electron chi connectivity index (χ0n) is 14.9. The van der Waals surface area contributed by atoms with Gasteiger partial charge in [-0.15, -0.1) is 0 Å². The number of fused-ring (bicyclic) bond motifs is 1. The van der Waals surface area contributed by atoms with Gasteiger partial charge < -0.3 is 15.0 Å². The number of hydrogen-bond donors (Lipinski definition) is 2. The van der Waals surface area contributed by atoms with Crippen molar-refractivity contribution >= 4 is 22.5 Å². The first-order valence-electron chi connectivity index (χ1n) is 8.98. The van der Waals surface area contributed by atoms with Gasteiger partial charge in [-0.25, -0.2) is 0 Å². The lowest BCUT2D eigenvalue weighted by Gasteiger charge is -2.26. The van der Waals surface area contributed by atoms with Crippen LogP contribution in [0.15, 0.2) is 48.5 Å². The molecule has 1 saturated heterocycles. The minimum absolute atomic E-state index is 0.124. The fourth-order valence-electron chi connectivity index (χ4n) is 3.34. The molecule has 26 heavy (non-hydrogen) atoms. The summed E-state index contributed by atoms with van der Waals surface area (Å²) < 4.78 is 5.38. The number of morpholine rings is 1. The van der Waals surface area contributed by atoms with Crippen molar-refractivity contribution in [3.63, 3.8) is 0 Å². The minimum atomic E-state index is -0.124. The highest BCUT2D eigenvalue weighted by Crippen LogP contribution is 2.20. The molecule has 1 aromatic heterocycles. The topological polar surface area (TPSA) is 57.4 Å². The van der Waals surface area contributed by atoms with Crippen molar-refractivity contribution < 1.29 is 9.53 Å². The van der Waals surface area contributed by atoms with E-state index in [-0.39, 0.29) is 5.91 Å². The summed E-state index contributed by atoms with van der Waals surface area (Å²) in [4.78, 5) is 18.1. The van der Waals surface area contributed by atoms with Crippen molar-refractivity contribution in [3.8, 4) is 0 Å². The molecule has 0 aliphatic carbocycles. The Bertz CT molecular complexity index is 909. The number of aromatic nitrogens is 1. The monoisotopic (exact) mass is 349 g/mol. The Morgan fingerprint density at radius 2 is 1.92 bits per heavy atom. The molecule has 3 aromatic rings. The molecule has 0 bridgehead atoms. The summed E-state index contributed by atoms with van der Waals surface area (Å²) in [7, 11) is 0. The van der Waals surface area contributed by atoms with Gasteiger partial charge >= 0.3 is 0 Å². The molecule has 0 unspecified atom stereocenters. The normalized spacial score (nSPS) is 15.3. The van der Waals surface area contributed by atoms with E-state index in [0.29, 0.717) is 5.69 Å². The molecule has 0 saturated carbocycles. The number of carbonyl (C=O) groups is 1. The van der Waals surface area contributed by atoms with Gasteiger partial charge in [0.2, 0.25) is 0 Å². The standard InChI is InChI=1S/C21H23N3O2/c1-15-3-2-4-17-13-19(23-20(15)17)21(25)22-18-7-5-16(6-8-18)14-24-9-11-26-12-10-24/h2-8,13,23H,9-12,14H2,1H3,(H,22,25). The third kappa shape index (κ3) is 3.64. The first-order chi connectivity index (χ1) is 12.7. The molecule has 4 rings (SSSR count). The van der Waals surface area contributed by atoms with Gasteiger partial charge in [-0.1, -0.05) is 30.3 Å². The Morgan fingerprint density at radius 1 is 1.15 bits per heavy atom. The highest BCUT2D eigenvalue weighted by atomic mass is 16.5. The molecule has 2 heterocycles. The van der Waals surface area contributed by atoms with Crippen molar-refractivity contribution in [2.45, 2.75) is 13.5 Å². The number of aromatic amines is 1. The quantitative estimate of drug-likeness (QED) is 0.757. The summed E-state index contributed by atoms with van der Waals surface area (Å²) >= 11 is 0. The SMILES string of the molecule is Cc1cccc2cc(C(=O)Nc3ccc(CN4CCOCC4)cc3)[nH]c12. The van der Waals surface area contributed by atoms with E-state index in [0.717, 1.165) is 55.0 Å². The van der Waals surface area contributed by atoms with Crippen LogP contribution >= 0.6 is 0 Å². The molecule has 1 aliphatic rings. The number of ether oxygens (including phenoxy) is 1. The third-order valence-electron chi connectivity index (χ3n) is 4.83. The summed E-state index contributed by atoms with van der Waals surface area (Å²) in [5.41, 5.74) is 4.77. The summed E-state index contributed by atoms with van der Waals surface area (Å²) in [5.74, 6) is -0.124. The Kier molecular flexibility index (Phi) is 4.73. The first-order valence-corrected chi connectivity index (χ1v) is 8.98. The number of H-pyrrole nitrogens is 1. The zero-order chi connectivity index (χ0) is 17.9. The maximum absolute atomic E-state index is 12.5. The largest absolute Gasteiger partial charge is 0.379 e. The third-order valence-corrected chi connectivity index (χ3v) is 4.83.